The first-order valence-corrected chi connectivity index (χ1v) is 10.8. The third-order valence-corrected chi connectivity index (χ3v) is 6.48. The van der Waals surface area contributed by atoms with Gasteiger partial charge in [-0.15, -0.1) is 0 Å². The maximum absolute atomic E-state index is 11.1. The molecule has 164 valence electrons. The molecule has 11 heteroatoms. The maximum Gasteiger partial charge on any atom is 0.390 e. The highest BCUT2D eigenvalue weighted by Crippen LogP contribution is 2.36. The number of aryl methyl sites for hydroxylation is 1. The topological polar surface area (TPSA) is 78.8 Å². The quantitative estimate of drug-likeness (QED) is 0.212. The van der Waals surface area contributed by atoms with Crippen LogP contribution in [0.2, 0.25) is 20.1 Å². The Bertz CT molecular complexity index is 1360. The van der Waals surface area contributed by atoms with Crippen LogP contribution in [-0.2, 0) is 6.67 Å². The zero-order chi connectivity index (χ0) is 23.2. The molecule has 0 N–H and O–H groups in total. The van der Waals surface area contributed by atoms with Gasteiger partial charge >= 0.3 is 5.82 Å². The van der Waals surface area contributed by atoms with E-state index >= 15 is 0 Å². The Kier molecular flexibility index (Phi) is 6.18. The molecule has 0 amide bonds. The fourth-order valence-corrected chi connectivity index (χ4v) is 4.03. The summed E-state index contributed by atoms with van der Waals surface area (Å²) in [5.41, 5.74) is 4.50. The van der Waals surface area contributed by atoms with Gasteiger partial charge < -0.3 is 10.1 Å². The molecule has 0 radical (unpaired) electrons. The lowest BCUT2D eigenvalue weighted by molar-refractivity contribution is -0.389. The van der Waals surface area contributed by atoms with Crippen LogP contribution >= 0.6 is 46.4 Å². The molecule has 2 aromatic carbocycles. The molecule has 0 spiro atoms. The van der Waals surface area contributed by atoms with Gasteiger partial charge in [0.2, 0.25) is 0 Å². The zero-order valence-electron chi connectivity index (χ0n) is 16.8. The molecule has 0 bridgehead atoms. The van der Waals surface area contributed by atoms with E-state index in [4.69, 9.17) is 51.5 Å². The van der Waals surface area contributed by atoms with Crippen molar-refractivity contribution in [1.29, 1.82) is 0 Å². The molecule has 0 unspecified atom stereocenters. The van der Waals surface area contributed by atoms with Crippen LogP contribution in [0, 0.1) is 24.0 Å². The van der Waals surface area contributed by atoms with Gasteiger partial charge in [0.05, 0.1) is 48.3 Å². The summed E-state index contributed by atoms with van der Waals surface area (Å²) in [6.07, 6.45) is 0. The average Bonchev–Trinajstić information content (AvgIpc) is 3.26. The standard InChI is InChI=1S/C21H15Cl4N5O2/c1-11-7-19(30(31)32)26-28(11)10-29-21(14-4-6-16(23)18(25)9-14)12(2)20(27-29)13-3-5-15(22)17(24)8-13/h3-9H,10H2,1-2H3. The van der Waals surface area contributed by atoms with E-state index in [2.05, 4.69) is 5.10 Å². The first kappa shape index (κ1) is 22.6. The third kappa shape index (κ3) is 4.21. The van der Waals surface area contributed by atoms with Gasteiger partial charge in [-0.2, -0.15) is 9.78 Å². The SMILES string of the molecule is Cc1c(-c2ccc(Cl)c(Cl)c2)nn(Cn2nc([N+](=O)[O-])cc2C)c1-c1ccc(Cl)c(Cl)c1. The lowest BCUT2D eigenvalue weighted by atomic mass is 10.0. The fraction of sp³-hybridized carbons (Fsp3) is 0.143. The van der Waals surface area contributed by atoms with Gasteiger partial charge in [0.15, 0.2) is 6.67 Å². The van der Waals surface area contributed by atoms with Crippen molar-refractivity contribution in [3.05, 3.63) is 83.9 Å². The molecule has 4 rings (SSSR count). The molecule has 0 aliphatic rings. The highest BCUT2D eigenvalue weighted by Gasteiger charge is 2.22. The zero-order valence-corrected chi connectivity index (χ0v) is 19.8. The molecule has 4 aromatic rings. The van der Waals surface area contributed by atoms with Crippen LogP contribution in [0.1, 0.15) is 11.3 Å². The summed E-state index contributed by atoms with van der Waals surface area (Å²) in [7, 11) is 0. The van der Waals surface area contributed by atoms with E-state index < -0.39 is 4.92 Å². The number of hydrogen-bond donors (Lipinski definition) is 0. The summed E-state index contributed by atoms with van der Waals surface area (Å²) in [5, 5.41) is 21.7. The van der Waals surface area contributed by atoms with E-state index in [1.807, 2.05) is 19.1 Å². The van der Waals surface area contributed by atoms with Crippen molar-refractivity contribution in [2.75, 3.05) is 0 Å². The summed E-state index contributed by atoms with van der Waals surface area (Å²) in [4.78, 5) is 10.6. The van der Waals surface area contributed by atoms with Crippen LogP contribution < -0.4 is 0 Å². The average molecular weight is 511 g/mol. The van der Waals surface area contributed by atoms with Gasteiger partial charge in [-0.3, -0.25) is 0 Å². The van der Waals surface area contributed by atoms with Gasteiger partial charge in [0, 0.05) is 16.7 Å². The number of hydrogen-bond acceptors (Lipinski definition) is 4. The largest absolute Gasteiger partial charge is 0.390 e. The molecule has 0 aliphatic heterocycles. The van der Waals surface area contributed by atoms with Crippen LogP contribution in [0.4, 0.5) is 5.82 Å². The Morgan fingerprint density at radius 3 is 2.00 bits per heavy atom. The van der Waals surface area contributed by atoms with Crippen LogP contribution in [0.3, 0.4) is 0 Å². The highest BCUT2D eigenvalue weighted by molar-refractivity contribution is 6.42. The minimum atomic E-state index is -0.529. The summed E-state index contributed by atoms with van der Waals surface area (Å²) in [6.45, 7) is 3.82. The Balaban J connectivity index is 1.89. The lowest BCUT2D eigenvalue weighted by Gasteiger charge is -2.09. The molecule has 2 heterocycles. The van der Waals surface area contributed by atoms with Crippen LogP contribution in [0.25, 0.3) is 22.5 Å². The monoisotopic (exact) mass is 509 g/mol. The third-order valence-electron chi connectivity index (χ3n) is 5.00. The summed E-state index contributed by atoms with van der Waals surface area (Å²) >= 11 is 24.7. The van der Waals surface area contributed by atoms with Crippen molar-refractivity contribution in [3.63, 3.8) is 0 Å². The van der Waals surface area contributed by atoms with Crippen LogP contribution in [-0.4, -0.2) is 24.5 Å². The molecular weight excluding hydrogens is 496 g/mol. The summed E-state index contributed by atoms with van der Waals surface area (Å²) < 4.78 is 3.24. The Morgan fingerprint density at radius 2 is 1.44 bits per heavy atom. The van der Waals surface area contributed by atoms with Gasteiger partial charge in [-0.1, -0.05) is 58.5 Å². The maximum atomic E-state index is 11.1. The van der Waals surface area contributed by atoms with Gasteiger partial charge in [-0.25, -0.2) is 4.68 Å². The lowest BCUT2D eigenvalue weighted by Crippen LogP contribution is -2.13. The Labute approximate surface area is 203 Å². The van der Waals surface area contributed by atoms with E-state index in [9.17, 15) is 10.1 Å². The van der Waals surface area contributed by atoms with Crippen molar-refractivity contribution < 1.29 is 4.92 Å². The second kappa shape index (κ2) is 8.75. The van der Waals surface area contributed by atoms with Crippen LogP contribution in [0.5, 0.6) is 0 Å². The van der Waals surface area contributed by atoms with E-state index in [-0.39, 0.29) is 12.5 Å². The number of rotatable bonds is 5. The number of aromatic nitrogens is 4. The van der Waals surface area contributed by atoms with E-state index in [0.29, 0.717) is 31.5 Å². The van der Waals surface area contributed by atoms with Gasteiger partial charge in [0.25, 0.3) is 0 Å². The van der Waals surface area contributed by atoms with Crippen molar-refractivity contribution in [1.82, 2.24) is 19.6 Å². The predicted molar refractivity (Wildman–Crippen MR) is 127 cm³/mol. The predicted octanol–water partition coefficient (Wildman–Crippen LogP) is 7.06. The van der Waals surface area contributed by atoms with E-state index in [1.165, 1.54) is 10.7 Å². The van der Waals surface area contributed by atoms with Crippen molar-refractivity contribution in [2.24, 2.45) is 0 Å². The molecule has 0 saturated carbocycles. The number of nitro groups is 1. The fourth-order valence-electron chi connectivity index (χ4n) is 3.43. The summed E-state index contributed by atoms with van der Waals surface area (Å²) in [5.74, 6) is -0.229. The molecule has 0 saturated heterocycles. The minimum Gasteiger partial charge on any atom is -0.358 e. The van der Waals surface area contributed by atoms with E-state index in [0.717, 1.165) is 22.4 Å². The Hall–Kier alpha value is -2.58. The molecule has 32 heavy (non-hydrogen) atoms. The first-order chi connectivity index (χ1) is 15.2. The molecule has 7 nitrogen and oxygen atoms in total. The molecule has 2 aromatic heterocycles. The van der Waals surface area contributed by atoms with E-state index in [1.54, 1.807) is 35.9 Å². The normalized spacial score (nSPS) is 11.2. The number of nitrogens with zero attached hydrogens (tertiary/aromatic N) is 5. The second-order valence-corrected chi connectivity index (χ2v) is 8.75. The Morgan fingerprint density at radius 1 is 0.844 bits per heavy atom. The molecule has 0 fully saturated rings. The minimum absolute atomic E-state index is 0.150. The second-order valence-electron chi connectivity index (χ2n) is 7.12. The smallest absolute Gasteiger partial charge is 0.358 e. The summed E-state index contributed by atoms with van der Waals surface area (Å²) in [6, 6.07) is 12.0. The molecular formula is C21H15Cl4N5O2. The van der Waals surface area contributed by atoms with Crippen molar-refractivity contribution in [2.45, 2.75) is 20.5 Å². The number of halogens is 4. The van der Waals surface area contributed by atoms with Gasteiger partial charge in [-0.05, 0) is 43.0 Å². The first-order valence-electron chi connectivity index (χ1n) is 9.32. The molecule has 0 aliphatic carbocycles. The van der Waals surface area contributed by atoms with Gasteiger partial charge in [0.1, 0.15) is 0 Å². The van der Waals surface area contributed by atoms with Crippen molar-refractivity contribution >= 4 is 52.2 Å². The van der Waals surface area contributed by atoms with Crippen molar-refractivity contribution in [3.8, 4) is 22.5 Å². The molecule has 0 atom stereocenters. The van der Waals surface area contributed by atoms with Crippen LogP contribution in [0.15, 0.2) is 42.5 Å². The highest BCUT2D eigenvalue weighted by atomic mass is 35.5. The number of benzene rings is 2.